The molecule has 2 aromatic rings. The van der Waals surface area contributed by atoms with E-state index in [0.29, 0.717) is 45.7 Å². The van der Waals surface area contributed by atoms with Crippen LogP contribution >= 0.6 is 0 Å². The van der Waals surface area contributed by atoms with Gasteiger partial charge in [-0.15, -0.1) is 0 Å². The van der Waals surface area contributed by atoms with Crippen molar-refractivity contribution in [1.29, 1.82) is 0 Å². The number of rotatable bonds is 6. The zero-order valence-corrected chi connectivity index (χ0v) is 14.8. The third-order valence-electron chi connectivity index (χ3n) is 4.44. The van der Waals surface area contributed by atoms with Crippen molar-refractivity contribution in [1.82, 2.24) is 0 Å². The average Bonchev–Trinajstić information content (AvgIpc) is 2.64. The summed E-state index contributed by atoms with van der Waals surface area (Å²) in [6.45, 7) is 7.97. The second-order valence-electron chi connectivity index (χ2n) is 6.16. The van der Waals surface area contributed by atoms with E-state index in [2.05, 4.69) is 17.2 Å². The van der Waals surface area contributed by atoms with Crippen LogP contribution in [0, 0.1) is 0 Å². The molecule has 0 amide bonds. The summed E-state index contributed by atoms with van der Waals surface area (Å²) in [6.07, 6.45) is 0. The summed E-state index contributed by atoms with van der Waals surface area (Å²) in [7, 11) is 0. The van der Waals surface area contributed by atoms with Gasteiger partial charge in [-0.25, -0.2) is 0 Å². The lowest BCUT2D eigenvalue weighted by atomic mass is 9.83. The molecule has 1 aliphatic rings. The van der Waals surface area contributed by atoms with Crippen molar-refractivity contribution in [3.05, 3.63) is 70.8 Å². The Kier molecular flexibility index (Phi) is 4.71. The fraction of sp³-hybridized carbons (Fsp3) is 0.190. The highest BCUT2D eigenvalue weighted by Crippen LogP contribution is 2.36. The normalized spacial score (nSPS) is 12.2. The Balaban J connectivity index is 2.09. The first-order valence-electron chi connectivity index (χ1n) is 8.47. The largest absolute Gasteiger partial charge is 0.383 e. The number of carbonyl (C=O) groups is 3. The van der Waals surface area contributed by atoms with Gasteiger partial charge in [-0.2, -0.15) is 0 Å². The Morgan fingerprint density at radius 2 is 1.62 bits per heavy atom. The van der Waals surface area contributed by atoms with Gasteiger partial charge in [0.05, 0.1) is 16.9 Å². The van der Waals surface area contributed by atoms with Crippen LogP contribution in [0.15, 0.2) is 48.6 Å². The van der Waals surface area contributed by atoms with Crippen molar-refractivity contribution < 1.29 is 14.4 Å². The summed E-state index contributed by atoms with van der Waals surface area (Å²) < 4.78 is 0. The Hall–Kier alpha value is -3.21. The van der Waals surface area contributed by atoms with Crippen LogP contribution in [0.4, 0.5) is 11.4 Å². The van der Waals surface area contributed by atoms with E-state index in [1.54, 1.807) is 36.4 Å². The molecule has 0 fully saturated rings. The number of benzene rings is 2. The van der Waals surface area contributed by atoms with Gasteiger partial charge in [-0.3, -0.25) is 14.4 Å². The van der Waals surface area contributed by atoms with Crippen molar-refractivity contribution in [2.75, 3.05) is 23.7 Å². The number of anilines is 2. The topological polar surface area (TPSA) is 75.3 Å². The molecule has 5 heteroatoms. The van der Waals surface area contributed by atoms with Gasteiger partial charge in [0.1, 0.15) is 0 Å². The summed E-state index contributed by atoms with van der Waals surface area (Å²) in [6, 6.07) is 10.3. The van der Waals surface area contributed by atoms with E-state index in [4.69, 9.17) is 0 Å². The van der Waals surface area contributed by atoms with Gasteiger partial charge in [-0.05, 0) is 26.0 Å². The van der Waals surface area contributed by atoms with Gasteiger partial charge in [0.2, 0.25) is 0 Å². The molecule has 0 saturated carbocycles. The molecule has 0 spiro atoms. The highest BCUT2D eigenvalue weighted by atomic mass is 16.1. The zero-order chi connectivity index (χ0) is 18.8. The molecule has 2 aromatic carbocycles. The number of carbonyl (C=O) groups excluding carboxylic acids is 3. The Morgan fingerprint density at radius 3 is 2.23 bits per heavy atom. The number of hydrogen-bond acceptors (Lipinski definition) is 5. The summed E-state index contributed by atoms with van der Waals surface area (Å²) in [5.41, 5.74) is 3.28. The molecule has 0 bridgehead atoms. The molecule has 0 radical (unpaired) electrons. The lowest BCUT2D eigenvalue weighted by Gasteiger charge is -2.23. The van der Waals surface area contributed by atoms with Crippen molar-refractivity contribution >= 4 is 28.7 Å². The van der Waals surface area contributed by atoms with E-state index in [1.807, 2.05) is 6.92 Å². The molecule has 0 atom stereocenters. The number of ketones is 3. The maximum atomic E-state index is 13.1. The van der Waals surface area contributed by atoms with E-state index in [-0.39, 0.29) is 23.9 Å². The standard InChI is InChI=1S/C21H20N2O3/c1-4-22-19-17(23-11-12(2)13(3)24)10-9-16-18(19)21(26)15-8-6-5-7-14(15)20(16)25/h5-10,22-23H,2,4,11H2,1,3H3. The molecular weight excluding hydrogens is 328 g/mol. The molecule has 0 aromatic heterocycles. The summed E-state index contributed by atoms with van der Waals surface area (Å²) in [5.74, 6) is -0.435. The lowest BCUT2D eigenvalue weighted by molar-refractivity contribution is -0.113. The predicted molar refractivity (Wildman–Crippen MR) is 102 cm³/mol. The van der Waals surface area contributed by atoms with Crippen molar-refractivity contribution in [3.8, 4) is 0 Å². The first-order chi connectivity index (χ1) is 12.5. The SMILES string of the molecule is C=C(CNc1ccc2c(c1NCC)C(=O)c1ccccc1C2=O)C(C)=O. The zero-order valence-electron chi connectivity index (χ0n) is 14.8. The van der Waals surface area contributed by atoms with Gasteiger partial charge >= 0.3 is 0 Å². The van der Waals surface area contributed by atoms with Gasteiger partial charge in [-0.1, -0.05) is 30.8 Å². The van der Waals surface area contributed by atoms with E-state index >= 15 is 0 Å². The van der Waals surface area contributed by atoms with Crippen LogP contribution in [0.25, 0.3) is 0 Å². The maximum Gasteiger partial charge on any atom is 0.196 e. The molecule has 3 rings (SSSR count). The molecule has 0 saturated heterocycles. The van der Waals surface area contributed by atoms with Crippen LogP contribution in [0.1, 0.15) is 45.7 Å². The number of nitrogens with one attached hydrogen (secondary N) is 2. The predicted octanol–water partition coefficient (Wildman–Crippen LogP) is 3.45. The second kappa shape index (κ2) is 6.96. The molecule has 5 nitrogen and oxygen atoms in total. The highest BCUT2D eigenvalue weighted by molar-refractivity contribution is 6.30. The molecular formula is C21H20N2O3. The van der Waals surface area contributed by atoms with Gasteiger partial charge in [0, 0.05) is 35.4 Å². The Morgan fingerprint density at radius 1 is 0.962 bits per heavy atom. The molecule has 132 valence electrons. The van der Waals surface area contributed by atoms with Gasteiger partial charge in [0.15, 0.2) is 17.3 Å². The van der Waals surface area contributed by atoms with Gasteiger partial charge in [0.25, 0.3) is 0 Å². The highest BCUT2D eigenvalue weighted by Gasteiger charge is 2.32. The van der Waals surface area contributed by atoms with Crippen molar-refractivity contribution in [2.45, 2.75) is 13.8 Å². The first kappa shape index (κ1) is 17.6. The number of fused-ring (bicyclic) bond motifs is 2. The molecule has 26 heavy (non-hydrogen) atoms. The van der Waals surface area contributed by atoms with E-state index in [1.165, 1.54) is 6.92 Å². The minimum absolute atomic E-state index is 0.0966. The van der Waals surface area contributed by atoms with Crippen LogP contribution < -0.4 is 10.6 Å². The minimum Gasteiger partial charge on any atom is -0.383 e. The van der Waals surface area contributed by atoms with Crippen molar-refractivity contribution in [3.63, 3.8) is 0 Å². The fourth-order valence-corrected chi connectivity index (χ4v) is 3.02. The molecule has 2 N–H and O–H groups in total. The van der Waals surface area contributed by atoms with E-state index in [0.717, 1.165) is 0 Å². The summed E-state index contributed by atoms with van der Waals surface area (Å²) >= 11 is 0. The summed E-state index contributed by atoms with van der Waals surface area (Å²) in [4.78, 5) is 37.3. The second-order valence-corrected chi connectivity index (χ2v) is 6.16. The van der Waals surface area contributed by atoms with Crippen molar-refractivity contribution in [2.24, 2.45) is 0 Å². The Bertz CT molecular complexity index is 944. The monoisotopic (exact) mass is 348 g/mol. The smallest absolute Gasteiger partial charge is 0.196 e. The molecule has 0 heterocycles. The fourth-order valence-electron chi connectivity index (χ4n) is 3.02. The molecule has 0 aliphatic heterocycles. The third kappa shape index (κ3) is 2.92. The van der Waals surface area contributed by atoms with Gasteiger partial charge < -0.3 is 10.6 Å². The number of Topliss-reactive ketones (excluding diaryl/α,β-unsaturated/α-hetero) is 1. The summed E-state index contributed by atoms with van der Waals surface area (Å²) in [5, 5.41) is 6.33. The lowest BCUT2D eigenvalue weighted by Crippen LogP contribution is -2.23. The minimum atomic E-state index is -0.180. The average molecular weight is 348 g/mol. The maximum absolute atomic E-state index is 13.1. The third-order valence-corrected chi connectivity index (χ3v) is 4.44. The molecule has 1 aliphatic carbocycles. The quantitative estimate of drug-likeness (QED) is 0.667. The van der Waals surface area contributed by atoms with Crippen LogP contribution in [0.3, 0.4) is 0 Å². The van der Waals surface area contributed by atoms with Crippen LogP contribution in [-0.2, 0) is 4.79 Å². The van der Waals surface area contributed by atoms with Crippen LogP contribution in [-0.4, -0.2) is 30.4 Å². The van der Waals surface area contributed by atoms with E-state index in [9.17, 15) is 14.4 Å². The van der Waals surface area contributed by atoms with E-state index < -0.39 is 0 Å². The molecule has 0 unspecified atom stereocenters. The Labute approximate surface area is 152 Å². The van der Waals surface area contributed by atoms with Crippen LogP contribution in [0.5, 0.6) is 0 Å². The van der Waals surface area contributed by atoms with Crippen LogP contribution in [0.2, 0.25) is 0 Å². The number of hydrogen-bond donors (Lipinski definition) is 2. The first-order valence-corrected chi connectivity index (χ1v) is 8.47.